The number of aryl methyl sites for hydroxylation is 1. The van der Waals surface area contributed by atoms with Crippen molar-refractivity contribution in [1.82, 2.24) is 15.6 Å². The van der Waals surface area contributed by atoms with Crippen LogP contribution in [0.2, 0.25) is 0 Å². The fraction of sp³-hybridized carbons (Fsp3) is 0.500. The molecule has 0 aliphatic rings. The van der Waals surface area contributed by atoms with Crippen molar-refractivity contribution in [3.05, 3.63) is 51.5 Å². The van der Waals surface area contributed by atoms with E-state index in [-0.39, 0.29) is 30.6 Å². The monoisotopic (exact) mass is 556 g/mol. The van der Waals surface area contributed by atoms with Crippen molar-refractivity contribution >= 4 is 41.3 Å². The molecule has 0 saturated carbocycles. The van der Waals surface area contributed by atoms with E-state index >= 15 is 0 Å². The largest absolute Gasteiger partial charge is 0.411 e. The molecule has 2 N–H and O–H groups in total. The minimum Gasteiger partial charge on any atom is -0.367 e. The van der Waals surface area contributed by atoms with Crippen molar-refractivity contribution in [3.8, 4) is 0 Å². The van der Waals surface area contributed by atoms with Gasteiger partial charge in [-0.05, 0) is 24.5 Å². The standard InChI is InChI=1S/C20H27F3N4OS.HI/c1-3-17-12-26-18(29-17)8-9-25-19(24-4-2)27-11-15-6-5-7-16(10-15)13-28-14-20(21,22)23;/h5-7,10,12H,3-4,8-9,11,13-14H2,1-2H3,(H2,24,25,27);1H. The maximum Gasteiger partial charge on any atom is 0.411 e. The number of rotatable bonds is 10. The Bertz CT molecular complexity index is 783. The molecule has 0 saturated heterocycles. The Kier molecular flexibility index (Phi) is 12.3. The Morgan fingerprint density at radius 3 is 2.63 bits per heavy atom. The molecular formula is C20H28F3IN4OS. The molecule has 2 rings (SSSR count). The lowest BCUT2D eigenvalue weighted by molar-refractivity contribution is -0.176. The van der Waals surface area contributed by atoms with E-state index in [4.69, 9.17) is 4.74 Å². The molecule has 2 aromatic rings. The van der Waals surface area contributed by atoms with Gasteiger partial charge in [-0.15, -0.1) is 35.3 Å². The van der Waals surface area contributed by atoms with Crippen LogP contribution in [0.5, 0.6) is 0 Å². The van der Waals surface area contributed by atoms with E-state index < -0.39 is 12.8 Å². The van der Waals surface area contributed by atoms with Crippen LogP contribution in [-0.4, -0.2) is 36.8 Å². The third kappa shape index (κ3) is 10.6. The Balaban J connectivity index is 0.00000450. The molecule has 0 bridgehead atoms. The van der Waals surface area contributed by atoms with Gasteiger partial charge in [0.15, 0.2) is 5.96 Å². The molecule has 5 nitrogen and oxygen atoms in total. The van der Waals surface area contributed by atoms with Gasteiger partial charge in [-0.1, -0.05) is 31.2 Å². The van der Waals surface area contributed by atoms with Gasteiger partial charge < -0.3 is 15.4 Å². The summed E-state index contributed by atoms with van der Waals surface area (Å²) in [6, 6.07) is 7.24. The average Bonchev–Trinajstić information content (AvgIpc) is 3.13. The van der Waals surface area contributed by atoms with Gasteiger partial charge in [0.2, 0.25) is 0 Å². The molecule has 1 heterocycles. The van der Waals surface area contributed by atoms with E-state index in [0.29, 0.717) is 24.6 Å². The van der Waals surface area contributed by atoms with Gasteiger partial charge >= 0.3 is 6.18 Å². The van der Waals surface area contributed by atoms with Gasteiger partial charge in [-0.2, -0.15) is 13.2 Å². The van der Waals surface area contributed by atoms with Gasteiger partial charge in [0.1, 0.15) is 6.61 Å². The van der Waals surface area contributed by atoms with Gasteiger partial charge in [0.05, 0.1) is 18.2 Å². The number of benzene rings is 1. The number of hydrogen-bond donors (Lipinski definition) is 2. The lowest BCUT2D eigenvalue weighted by atomic mass is 10.1. The van der Waals surface area contributed by atoms with Crippen LogP contribution in [0.15, 0.2) is 35.5 Å². The summed E-state index contributed by atoms with van der Waals surface area (Å²) >= 11 is 1.72. The van der Waals surface area contributed by atoms with E-state index in [9.17, 15) is 13.2 Å². The normalized spacial score (nSPS) is 11.8. The van der Waals surface area contributed by atoms with Crippen molar-refractivity contribution in [2.75, 3.05) is 19.7 Å². The van der Waals surface area contributed by atoms with Crippen LogP contribution >= 0.6 is 35.3 Å². The molecule has 168 valence electrons. The molecule has 1 aromatic carbocycles. The van der Waals surface area contributed by atoms with Crippen LogP contribution in [0, 0.1) is 0 Å². The summed E-state index contributed by atoms with van der Waals surface area (Å²) < 4.78 is 41.3. The lowest BCUT2D eigenvalue weighted by Crippen LogP contribution is -2.38. The minimum absolute atomic E-state index is 0. The third-order valence-corrected chi connectivity index (χ3v) is 5.07. The van der Waals surface area contributed by atoms with Crippen LogP contribution in [0.25, 0.3) is 0 Å². The quantitative estimate of drug-likeness (QED) is 0.253. The molecule has 1 aromatic heterocycles. The van der Waals surface area contributed by atoms with Gasteiger partial charge in [0, 0.05) is 30.6 Å². The Morgan fingerprint density at radius 1 is 1.20 bits per heavy atom. The first-order valence-corrected chi connectivity index (χ1v) is 10.4. The van der Waals surface area contributed by atoms with E-state index in [1.165, 1.54) is 4.88 Å². The number of ether oxygens (including phenoxy) is 1. The molecule has 0 aliphatic carbocycles. The van der Waals surface area contributed by atoms with E-state index in [0.717, 1.165) is 30.0 Å². The predicted octanol–water partition coefficient (Wildman–Crippen LogP) is 4.70. The number of thiazole rings is 1. The van der Waals surface area contributed by atoms with Crippen molar-refractivity contribution < 1.29 is 17.9 Å². The number of nitrogens with zero attached hydrogens (tertiary/aromatic N) is 2. The van der Waals surface area contributed by atoms with Crippen LogP contribution in [-0.2, 0) is 30.7 Å². The molecular weight excluding hydrogens is 528 g/mol. The summed E-state index contributed by atoms with van der Waals surface area (Å²) in [7, 11) is 0. The highest BCUT2D eigenvalue weighted by Gasteiger charge is 2.27. The molecule has 0 radical (unpaired) electrons. The van der Waals surface area contributed by atoms with Crippen molar-refractivity contribution in [2.45, 2.75) is 46.0 Å². The second-order valence-electron chi connectivity index (χ2n) is 6.37. The zero-order chi connectivity index (χ0) is 21.1. The summed E-state index contributed by atoms with van der Waals surface area (Å²) in [5.41, 5.74) is 1.60. The van der Waals surface area contributed by atoms with Crippen molar-refractivity contribution in [3.63, 3.8) is 0 Å². The smallest absolute Gasteiger partial charge is 0.367 e. The van der Waals surface area contributed by atoms with Crippen molar-refractivity contribution in [2.24, 2.45) is 4.99 Å². The number of aliphatic imine (C=N–C) groups is 1. The molecule has 30 heavy (non-hydrogen) atoms. The number of alkyl halides is 3. The second-order valence-corrected chi connectivity index (χ2v) is 7.57. The molecule has 0 unspecified atom stereocenters. The first-order chi connectivity index (χ1) is 13.9. The topological polar surface area (TPSA) is 58.5 Å². The van der Waals surface area contributed by atoms with E-state index in [2.05, 4.69) is 27.5 Å². The second kappa shape index (κ2) is 13.8. The number of halogens is 4. The molecule has 10 heteroatoms. The summed E-state index contributed by atoms with van der Waals surface area (Å²) in [6.45, 7) is 4.64. The van der Waals surface area contributed by atoms with Crippen LogP contribution in [0.3, 0.4) is 0 Å². The number of aromatic nitrogens is 1. The first kappa shape index (κ1) is 26.6. The summed E-state index contributed by atoms with van der Waals surface area (Å²) in [6.07, 6.45) is -0.577. The maximum absolute atomic E-state index is 12.2. The van der Waals surface area contributed by atoms with Gasteiger partial charge in [-0.25, -0.2) is 9.98 Å². The van der Waals surface area contributed by atoms with Crippen molar-refractivity contribution in [1.29, 1.82) is 0 Å². The van der Waals surface area contributed by atoms with Gasteiger partial charge in [-0.3, -0.25) is 0 Å². The van der Waals surface area contributed by atoms with E-state index in [1.807, 2.05) is 25.3 Å². The highest BCUT2D eigenvalue weighted by Crippen LogP contribution is 2.16. The zero-order valence-corrected chi connectivity index (χ0v) is 20.2. The number of guanidine groups is 1. The summed E-state index contributed by atoms with van der Waals surface area (Å²) in [4.78, 5) is 10.2. The molecule has 0 fully saturated rings. The lowest BCUT2D eigenvalue weighted by Gasteiger charge is -2.11. The number of nitrogens with one attached hydrogen (secondary N) is 2. The highest BCUT2D eigenvalue weighted by atomic mass is 127. The molecule has 0 spiro atoms. The summed E-state index contributed by atoms with van der Waals surface area (Å²) in [5.74, 6) is 0.693. The van der Waals surface area contributed by atoms with Gasteiger partial charge in [0.25, 0.3) is 0 Å². The fourth-order valence-corrected chi connectivity index (χ4v) is 3.39. The Labute approximate surface area is 196 Å². The highest BCUT2D eigenvalue weighted by molar-refractivity contribution is 14.0. The third-order valence-electron chi connectivity index (χ3n) is 3.87. The van der Waals surface area contributed by atoms with Crippen LogP contribution in [0.1, 0.15) is 34.9 Å². The predicted molar refractivity (Wildman–Crippen MR) is 126 cm³/mol. The first-order valence-electron chi connectivity index (χ1n) is 9.57. The maximum atomic E-state index is 12.2. The van der Waals surface area contributed by atoms with Crippen LogP contribution < -0.4 is 10.6 Å². The fourth-order valence-electron chi connectivity index (χ4n) is 2.53. The minimum atomic E-state index is -4.31. The average molecular weight is 556 g/mol. The summed E-state index contributed by atoms with van der Waals surface area (Å²) in [5, 5.41) is 7.58. The molecule has 0 aliphatic heterocycles. The molecule has 0 amide bonds. The molecule has 0 atom stereocenters. The van der Waals surface area contributed by atoms with E-state index in [1.54, 1.807) is 23.5 Å². The SMILES string of the molecule is CCNC(=NCc1cccc(COCC(F)(F)F)c1)NCCc1ncc(CC)s1.I. The van der Waals surface area contributed by atoms with Crippen LogP contribution in [0.4, 0.5) is 13.2 Å². The zero-order valence-electron chi connectivity index (χ0n) is 17.1. The Hall–Kier alpha value is -1.40. The number of hydrogen-bond acceptors (Lipinski definition) is 4. The Morgan fingerprint density at radius 2 is 1.97 bits per heavy atom.